The van der Waals surface area contributed by atoms with Crippen molar-refractivity contribution in [3.8, 4) is 5.75 Å². The lowest BCUT2D eigenvalue weighted by molar-refractivity contribution is -0.121. The van der Waals surface area contributed by atoms with Crippen LogP contribution in [0.3, 0.4) is 0 Å². The second kappa shape index (κ2) is 6.74. The van der Waals surface area contributed by atoms with Crippen molar-refractivity contribution in [2.24, 2.45) is 0 Å². The van der Waals surface area contributed by atoms with Crippen molar-refractivity contribution < 1.29 is 9.53 Å². The molecule has 1 N–H and O–H groups in total. The summed E-state index contributed by atoms with van der Waals surface area (Å²) in [7, 11) is 0. The number of benzene rings is 1. The molecule has 0 aliphatic heterocycles. The van der Waals surface area contributed by atoms with Crippen molar-refractivity contribution in [2.75, 3.05) is 13.2 Å². The summed E-state index contributed by atoms with van der Waals surface area (Å²) in [4.78, 5) is 11.3. The van der Waals surface area contributed by atoms with Crippen LogP contribution in [0.15, 0.2) is 30.9 Å². The molecule has 0 saturated carbocycles. The van der Waals surface area contributed by atoms with E-state index in [9.17, 15) is 4.79 Å². The molecule has 0 aliphatic carbocycles. The number of hydrogen-bond donors (Lipinski definition) is 1. The fraction of sp³-hybridized carbons (Fsp3) is 0.357. The van der Waals surface area contributed by atoms with Crippen LogP contribution < -0.4 is 10.1 Å². The smallest absolute Gasteiger partial charge is 0.223 e. The number of carbonyl (C=O) groups excluding carboxylic acids is 1. The maximum absolute atomic E-state index is 11.3. The molecule has 3 heteroatoms. The summed E-state index contributed by atoms with van der Waals surface area (Å²) >= 11 is 0. The van der Waals surface area contributed by atoms with Gasteiger partial charge in [-0.05, 0) is 37.1 Å². The Morgan fingerprint density at radius 3 is 2.59 bits per heavy atom. The van der Waals surface area contributed by atoms with Crippen molar-refractivity contribution in [3.63, 3.8) is 0 Å². The number of rotatable bonds is 6. The van der Waals surface area contributed by atoms with Crippen LogP contribution >= 0.6 is 0 Å². The van der Waals surface area contributed by atoms with Gasteiger partial charge in [0.05, 0.1) is 13.0 Å². The topological polar surface area (TPSA) is 38.3 Å². The van der Waals surface area contributed by atoms with E-state index in [0.29, 0.717) is 19.6 Å². The summed E-state index contributed by atoms with van der Waals surface area (Å²) in [5.74, 6) is 0.799. The Hall–Kier alpha value is -1.77. The highest BCUT2D eigenvalue weighted by molar-refractivity contribution is 5.76. The molecule has 0 aromatic heterocycles. The molecule has 0 spiro atoms. The molecule has 0 radical (unpaired) electrons. The SMILES string of the molecule is C=CCNC(=O)CCOc1cc(C)cc(C)c1. The second-order valence-electron chi connectivity index (χ2n) is 4.01. The Bertz CT molecular complexity index is 379. The van der Waals surface area contributed by atoms with Crippen molar-refractivity contribution >= 4 is 5.91 Å². The Kier molecular flexibility index (Phi) is 5.27. The molecule has 0 fully saturated rings. The third-order valence-corrected chi connectivity index (χ3v) is 2.24. The van der Waals surface area contributed by atoms with Gasteiger partial charge in [-0.3, -0.25) is 4.79 Å². The highest BCUT2D eigenvalue weighted by Gasteiger charge is 2.01. The maximum Gasteiger partial charge on any atom is 0.223 e. The summed E-state index contributed by atoms with van der Waals surface area (Å²) in [6.45, 7) is 8.48. The van der Waals surface area contributed by atoms with Crippen molar-refractivity contribution in [1.82, 2.24) is 5.32 Å². The maximum atomic E-state index is 11.3. The van der Waals surface area contributed by atoms with Gasteiger partial charge in [0, 0.05) is 6.54 Å². The van der Waals surface area contributed by atoms with Gasteiger partial charge in [-0.25, -0.2) is 0 Å². The van der Waals surface area contributed by atoms with Crippen molar-refractivity contribution in [2.45, 2.75) is 20.3 Å². The highest BCUT2D eigenvalue weighted by atomic mass is 16.5. The van der Waals surface area contributed by atoms with Gasteiger partial charge in [-0.15, -0.1) is 6.58 Å². The van der Waals surface area contributed by atoms with Gasteiger partial charge in [0.2, 0.25) is 5.91 Å². The van der Waals surface area contributed by atoms with Gasteiger partial charge in [-0.2, -0.15) is 0 Å². The van der Waals surface area contributed by atoms with Crippen LogP contribution in [0.25, 0.3) is 0 Å². The average Bonchev–Trinajstić information content (AvgIpc) is 2.25. The van der Waals surface area contributed by atoms with E-state index < -0.39 is 0 Å². The number of amides is 1. The minimum absolute atomic E-state index is 0.0192. The zero-order valence-corrected chi connectivity index (χ0v) is 10.5. The first-order chi connectivity index (χ1) is 8.11. The summed E-state index contributed by atoms with van der Waals surface area (Å²) in [5, 5.41) is 2.70. The molecule has 3 nitrogen and oxygen atoms in total. The first-order valence-corrected chi connectivity index (χ1v) is 5.70. The predicted octanol–water partition coefficient (Wildman–Crippen LogP) is 2.37. The average molecular weight is 233 g/mol. The van der Waals surface area contributed by atoms with E-state index in [4.69, 9.17) is 4.74 Å². The lowest BCUT2D eigenvalue weighted by Gasteiger charge is -2.08. The zero-order valence-electron chi connectivity index (χ0n) is 10.5. The molecule has 17 heavy (non-hydrogen) atoms. The first-order valence-electron chi connectivity index (χ1n) is 5.70. The quantitative estimate of drug-likeness (QED) is 0.766. The molecule has 1 aromatic carbocycles. The largest absolute Gasteiger partial charge is 0.493 e. The summed E-state index contributed by atoms with van der Waals surface area (Å²) in [5.41, 5.74) is 2.33. The fourth-order valence-corrected chi connectivity index (χ4v) is 1.55. The van der Waals surface area contributed by atoms with Gasteiger partial charge in [0.25, 0.3) is 0 Å². The van der Waals surface area contributed by atoms with Gasteiger partial charge < -0.3 is 10.1 Å². The molecular weight excluding hydrogens is 214 g/mol. The number of ether oxygens (including phenoxy) is 1. The standard InChI is InChI=1S/C14H19NO2/c1-4-6-15-14(16)5-7-17-13-9-11(2)8-12(3)10-13/h4,8-10H,1,5-7H2,2-3H3,(H,15,16). The first kappa shape index (κ1) is 13.3. The summed E-state index contributed by atoms with van der Waals surface area (Å²) in [6.07, 6.45) is 2.02. The number of carbonyl (C=O) groups is 1. The van der Waals surface area contributed by atoms with Crippen LogP contribution in [0, 0.1) is 13.8 Å². The van der Waals surface area contributed by atoms with Crippen LogP contribution in [0.2, 0.25) is 0 Å². The monoisotopic (exact) mass is 233 g/mol. The van der Waals surface area contributed by atoms with Crippen LogP contribution in [0.5, 0.6) is 5.75 Å². The van der Waals surface area contributed by atoms with Crippen molar-refractivity contribution in [1.29, 1.82) is 0 Å². The minimum Gasteiger partial charge on any atom is -0.493 e. The number of nitrogens with one attached hydrogen (secondary N) is 1. The molecule has 0 saturated heterocycles. The molecule has 92 valence electrons. The fourth-order valence-electron chi connectivity index (χ4n) is 1.55. The molecule has 0 heterocycles. The number of hydrogen-bond acceptors (Lipinski definition) is 2. The van der Waals surface area contributed by atoms with Crippen LogP contribution in [0.1, 0.15) is 17.5 Å². The van der Waals surface area contributed by atoms with Gasteiger partial charge in [0.1, 0.15) is 5.75 Å². The van der Waals surface area contributed by atoms with Gasteiger partial charge in [0.15, 0.2) is 0 Å². The van der Waals surface area contributed by atoms with E-state index >= 15 is 0 Å². The molecule has 0 unspecified atom stereocenters. The number of aryl methyl sites for hydroxylation is 2. The van der Waals surface area contributed by atoms with E-state index in [-0.39, 0.29) is 5.91 Å². The molecular formula is C14H19NO2. The van der Waals surface area contributed by atoms with Gasteiger partial charge in [-0.1, -0.05) is 12.1 Å². The van der Waals surface area contributed by atoms with E-state index in [1.807, 2.05) is 26.0 Å². The third-order valence-electron chi connectivity index (χ3n) is 2.24. The Morgan fingerprint density at radius 2 is 2.00 bits per heavy atom. The predicted molar refractivity (Wildman–Crippen MR) is 69.2 cm³/mol. The highest BCUT2D eigenvalue weighted by Crippen LogP contribution is 2.16. The molecule has 0 atom stereocenters. The third kappa shape index (κ3) is 5.20. The molecule has 1 aromatic rings. The second-order valence-corrected chi connectivity index (χ2v) is 4.01. The lowest BCUT2D eigenvalue weighted by Crippen LogP contribution is -2.24. The Morgan fingerprint density at radius 1 is 1.35 bits per heavy atom. The van der Waals surface area contributed by atoms with Crippen molar-refractivity contribution in [3.05, 3.63) is 42.0 Å². The van der Waals surface area contributed by atoms with E-state index in [0.717, 1.165) is 16.9 Å². The summed E-state index contributed by atoms with van der Waals surface area (Å²) < 4.78 is 5.53. The van der Waals surface area contributed by atoms with Crippen LogP contribution in [0.4, 0.5) is 0 Å². The van der Waals surface area contributed by atoms with E-state index in [1.54, 1.807) is 6.08 Å². The van der Waals surface area contributed by atoms with Crippen LogP contribution in [-0.2, 0) is 4.79 Å². The molecule has 0 bridgehead atoms. The Labute approximate surface area is 102 Å². The molecule has 1 amide bonds. The van der Waals surface area contributed by atoms with E-state index in [1.165, 1.54) is 0 Å². The normalized spacial score (nSPS) is 9.76. The minimum atomic E-state index is -0.0192. The molecule has 0 aliphatic rings. The lowest BCUT2D eigenvalue weighted by atomic mass is 10.1. The van der Waals surface area contributed by atoms with Gasteiger partial charge >= 0.3 is 0 Å². The van der Waals surface area contributed by atoms with Crippen LogP contribution in [-0.4, -0.2) is 19.1 Å². The van der Waals surface area contributed by atoms with E-state index in [2.05, 4.69) is 18.0 Å². The Balaban J connectivity index is 2.35. The summed E-state index contributed by atoms with van der Waals surface area (Å²) in [6, 6.07) is 6.02. The molecule has 1 rings (SSSR count). The zero-order chi connectivity index (χ0) is 12.7.